The van der Waals surface area contributed by atoms with Crippen molar-refractivity contribution in [3.05, 3.63) is 42.1 Å². The normalized spacial score (nSPS) is 21.6. The lowest BCUT2D eigenvalue weighted by molar-refractivity contribution is -0.114. The first-order valence-corrected chi connectivity index (χ1v) is 7.16. The van der Waals surface area contributed by atoms with E-state index in [1.165, 1.54) is 24.3 Å². The van der Waals surface area contributed by atoms with Crippen molar-refractivity contribution in [1.82, 2.24) is 4.90 Å². The fourth-order valence-electron chi connectivity index (χ4n) is 2.64. The third-order valence-electron chi connectivity index (χ3n) is 3.77. The second kappa shape index (κ2) is 5.49. The van der Waals surface area contributed by atoms with E-state index in [1.54, 1.807) is 0 Å². The Labute approximate surface area is 119 Å². The van der Waals surface area contributed by atoms with E-state index in [0.29, 0.717) is 0 Å². The number of nitrogens with zero attached hydrogens (tertiary/aromatic N) is 3. The molecule has 2 heterocycles. The van der Waals surface area contributed by atoms with Gasteiger partial charge in [0.2, 0.25) is 0 Å². The summed E-state index contributed by atoms with van der Waals surface area (Å²) in [6, 6.07) is 9.57. The highest BCUT2D eigenvalue weighted by molar-refractivity contribution is 6.29. The van der Waals surface area contributed by atoms with E-state index in [2.05, 4.69) is 10.0 Å². The number of carbonyl (C=O) groups excluding carboxylic acids is 1. The molecular weight excluding hydrogens is 250 g/mol. The predicted molar refractivity (Wildman–Crippen MR) is 80.5 cm³/mol. The zero-order valence-corrected chi connectivity index (χ0v) is 11.7. The predicted octanol–water partition coefficient (Wildman–Crippen LogP) is 2.78. The number of para-hydroxylation sites is 1. The topological polar surface area (TPSA) is 35.9 Å². The summed E-state index contributed by atoms with van der Waals surface area (Å²) in [5, 5.41) is 5.88. The number of piperidine rings is 1. The number of hydrogen-bond donors (Lipinski definition) is 0. The first-order valence-electron chi connectivity index (χ1n) is 7.16. The van der Waals surface area contributed by atoms with E-state index in [9.17, 15) is 4.79 Å². The van der Waals surface area contributed by atoms with Crippen molar-refractivity contribution in [3.63, 3.8) is 0 Å². The minimum atomic E-state index is -0.0285. The van der Waals surface area contributed by atoms with Crippen LogP contribution in [0, 0.1) is 0 Å². The first kappa shape index (κ1) is 12.9. The number of hydrogen-bond acceptors (Lipinski definition) is 3. The molecule has 0 unspecified atom stereocenters. The highest BCUT2D eigenvalue weighted by atomic mass is 16.2. The van der Waals surface area contributed by atoms with Crippen LogP contribution in [0.15, 0.2) is 47.2 Å². The molecule has 1 saturated heterocycles. The molecule has 0 bridgehead atoms. The van der Waals surface area contributed by atoms with Crippen LogP contribution >= 0.6 is 0 Å². The van der Waals surface area contributed by atoms with Gasteiger partial charge in [-0.3, -0.25) is 4.79 Å². The van der Waals surface area contributed by atoms with Crippen molar-refractivity contribution >= 4 is 17.3 Å². The molecule has 1 aromatic rings. The highest BCUT2D eigenvalue weighted by Gasteiger charge is 2.29. The van der Waals surface area contributed by atoms with Crippen molar-refractivity contribution in [1.29, 1.82) is 0 Å². The minimum absolute atomic E-state index is 0.0285. The number of hydrazone groups is 1. The molecule has 0 N–H and O–H groups in total. The summed E-state index contributed by atoms with van der Waals surface area (Å²) in [5.74, 6) is -0.0285. The molecule has 2 aliphatic heterocycles. The number of carbonyl (C=O) groups is 1. The van der Waals surface area contributed by atoms with Gasteiger partial charge < -0.3 is 4.90 Å². The zero-order valence-electron chi connectivity index (χ0n) is 11.7. The molecule has 0 atom stereocenters. The lowest BCUT2D eigenvalue weighted by Crippen LogP contribution is -2.27. The van der Waals surface area contributed by atoms with Crippen LogP contribution in [-0.2, 0) is 4.79 Å². The van der Waals surface area contributed by atoms with Crippen molar-refractivity contribution in [2.24, 2.45) is 5.10 Å². The summed E-state index contributed by atoms with van der Waals surface area (Å²) < 4.78 is 0. The average Bonchev–Trinajstić information content (AvgIpc) is 2.77. The van der Waals surface area contributed by atoms with E-state index in [1.807, 2.05) is 43.5 Å². The lowest BCUT2D eigenvalue weighted by atomic mass is 10.1. The Balaban J connectivity index is 1.83. The monoisotopic (exact) mass is 269 g/mol. The van der Waals surface area contributed by atoms with Crippen molar-refractivity contribution < 1.29 is 4.79 Å². The van der Waals surface area contributed by atoms with Gasteiger partial charge >= 0.3 is 0 Å². The Hall–Kier alpha value is -2.10. The van der Waals surface area contributed by atoms with E-state index in [0.717, 1.165) is 30.1 Å². The lowest BCUT2D eigenvalue weighted by Gasteiger charge is -2.25. The van der Waals surface area contributed by atoms with Crippen LogP contribution in [0.4, 0.5) is 5.69 Å². The van der Waals surface area contributed by atoms with Crippen LogP contribution in [0.3, 0.4) is 0 Å². The summed E-state index contributed by atoms with van der Waals surface area (Å²) >= 11 is 0. The molecule has 1 amide bonds. The molecule has 0 aromatic heterocycles. The molecular formula is C16H19N3O. The van der Waals surface area contributed by atoms with Crippen LogP contribution in [0.25, 0.3) is 0 Å². The number of likely N-dealkylation sites (tertiary alicyclic amines) is 1. The van der Waals surface area contributed by atoms with Gasteiger partial charge in [0.05, 0.1) is 17.0 Å². The summed E-state index contributed by atoms with van der Waals surface area (Å²) in [5.41, 5.74) is 2.33. The Morgan fingerprint density at radius 3 is 2.50 bits per heavy atom. The van der Waals surface area contributed by atoms with Gasteiger partial charge in [-0.2, -0.15) is 10.1 Å². The Morgan fingerprint density at radius 2 is 1.80 bits per heavy atom. The molecule has 0 spiro atoms. The molecule has 4 heteroatoms. The van der Waals surface area contributed by atoms with Crippen molar-refractivity contribution in [3.8, 4) is 0 Å². The van der Waals surface area contributed by atoms with Gasteiger partial charge in [0, 0.05) is 19.3 Å². The van der Waals surface area contributed by atoms with E-state index >= 15 is 0 Å². The third kappa shape index (κ3) is 2.46. The fourth-order valence-corrected chi connectivity index (χ4v) is 2.64. The van der Waals surface area contributed by atoms with Crippen LogP contribution < -0.4 is 5.01 Å². The van der Waals surface area contributed by atoms with Gasteiger partial charge in [0.15, 0.2) is 0 Å². The Bertz CT molecular complexity index is 556. The average molecular weight is 269 g/mol. The van der Waals surface area contributed by atoms with E-state index in [4.69, 9.17) is 0 Å². The van der Waals surface area contributed by atoms with Gasteiger partial charge in [-0.1, -0.05) is 18.2 Å². The number of rotatable bonds is 2. The minimum Gasteiger partial charge on any atom is -0.377 e. The summed E-state index contributed by atoms with van der Waals surface area (Å²) in [6.45, 7) is 3.97. The Kier molecular flexibility index (Phi) is 3.54. The number of anilines is 1. The molecule has 20 heavy (non-hydrogen) atoms. The smallest absolute Gasteiger partial charge is 0.282 e. The molecule has 0 saturated carbocycles. The second-order valence-corrected chi connectivity index (χ2v) is 5.28. The molecule has 0 radical (unpaired) electrons. The molecule has 1 fully saturated rings. The van der Waals surface area contributed by atoms with Crippen LogP contribution in [0.2, 0.25) is 0 Å². The van der Waals surface area contributed by atoms with Gasteiger partial charge in [0.25, 0.3) is 5.91 Å². The van der Waals surface area contributed by atoms with Gasteiger partial charge in [-0.25, -0.2) is 0 Å². The Morgan fingerprint density at radius 1 is 1.10 bits per heavy atom. The van der Waals surface area contributed by atoms with Gasteiger partial charge in [0.1, 0.15) is 0 Å². The van der Waals surface area contributed by atoms with Crippen LogP contribution in [0.1, 0.15) is 26.2 Å². The molecule has 3 rings (SSSR count). The standard InChI is InChI=1S/C16H19N3O/c1-13-15(12-18-10-6-3-7-11-18)16(20)19(17-13)14-8-4-2-5-9-14/h2,4-5,8-9,12H,3,6-7,10-11H2,1H3. The molecule has 4 nitrogen and oxygen atoms in total. The van der Waals surface area contributed by atoms with Gasteiger partial charge in [-0.05, 0) is 38.3 Å². The van der Waals surface area contributed by atoms with E-state index < -0.39 is 0 Å². The highest BCUT2D eigenvalue weighted by Crippen LogP contribution is 2.24. The molecule has 1 aromatic carbocycles. The van der Waals surface area contributed by atoms with Crippen molar-refractivity contribution in [2.45, 2.75) is 26.2 Å². The maximum atomic E-state index is 12.5. The van der Waals surface area contributed by atoms with Crippen LogP contribution in [-0.4, -0.2) is 29.6 Å². The summed E-state index contributed by atoms with van der Waals surface area (Å²) in [6.07, 6.45) is 5.69. The summed E-state index contributed by atoms with van der Waals surface area (Å²) in [4.78, 5) is 14.7. The van der Waals surface area contributed by atoms with E-state index in [-0.39, 0.29) is 5.91 Å². The fraction of sp³-hybridized carbons (Fsp3) is 0.375. The SMILES string of the molecule is CC1=NN(c2ccccc2)C(=O)C1=CN1CCCCC1. The second-order valence-electron chi connectivity index (χ2n) is 5.28. The molecule has 0 aliphatic carbocycles. The third-order valence-corrected chi connectivity index (χ3v) is 3.77. The number of benzene rings is 1. The number of amides is 1. The molecule has 2 aliphatic rings. The largest absolute Gasteiger partial charge is 0.377 e. The quantitative estimate of drug-likeness (QED) is 0.774. The van der Waals surface area contributed by atoms with Crippen LogP contribution in [0.5, 0.6) is 0 Å². The zero-order chi connectivity index (χ0) is 13.9. The van der Waals surface area contributed by atoms with Crippen molar-refractivity contribution in [2.75, 3.05) is 18.1 Å². The maximum absolute atomic E-state index is 12.5. The maximum Gasteiger partial charge on any atom is 0.282 e. The summed E-state index contributed by atoms with van der Waals surface area (Å²) in [7, 11) is 0. The first-order chi connectivity index (χ1) is 9.75. The van der Waals surface area contributed by atoms with Gasteiger partial charge in [-0.15, -0.1) is 0 Å². The molecule has 104 valence electrons.